The van der Waals surface area contributed by atoms with Crippen LogP contribution in [0.3, 0.4) is 0 Å². The van der Waals surface area contributed by atoms with Gasteiger partial charge in [-0.15, -0.1) is 0 Å². The number of likely N-dealkylation sites (tertiary alicyclic amines) is 1. The van der Waals surface area contributed by atoms with Crippen LogP contribution in [0.5, 0.6) is 11.5 Å². The van der Waals surface area contributed by atoms with Gasteiger partial charge in [0.15, 0.2) is 0 Å². The number of aryl methyl sites for hydroxylation is 1. The van der Waals surface area contributed by atoms with E-state index in [0.29, 0.717) is 41.7 Å². The lowest BCUT2D eigenvalue weighted by Crippen LogP contribution is -2.40. The van der Waals surface area contributed by atoms with Gasteiger partial charge < -0.3 is 35.0 Å². The van der Waals surface area contributed by atoms with Gasteiger partial charge in [0.25, 0.3) is 0 Å². The van der Waals surface area contributed by atoms with Crippen LogP contribution in [0.25, 0.3) is 0 Å². The number of aromatic carboxylic acids is 1. The van der Waals surface area contributed by atoms with Crippen molar-refractivity contribution in [1.82, 2.24) is 4.90 Å². The van der Waals surface area contributed by atoms with E-state index in [2.05, 4.69) is 10.6 Å². The molecule has 3 amide bonds. The number of carboxylic acid groups (broad SMARTS) is 1. The normalized spacial score (nSPS) is 14.3. The molecular weight excluding hydrogens is 524 g/mol. The number of urea groups is 1. The molecule has 0 aromatic heterocycles. The monoisotopic (exact) mass is 560 g/mol. The van der Waals surface area contributed by atoms with Crippen LogP contribution < -0.4 is 25.0 Å². The van der Waals surface area contributed by atoms with E-state index in [-0.39, 0.29) is 23.9 Å². The molecule has 1 heterocycles. The van der Waals surface area contributed by atoms with Crippen LogP contribution in [-0.4, -0.2) is 68.3 Å². The number of carboxylic acids is 1. The van der Waals surface area contributed by atoms with Crippen LogP contribution in [0.2, 0.25) is 0 Å². The molecule has 1 aliphatic heterocycles. The summed E-state index contributed by atoms with van der Waals surface area (Å²) in [7, 11) is 5.17. The zero-order valence-corrected chi connectivity index (χ0v) is 23.8. The Morgan fingerprint density at radius 1 is 1.00 bits per heavy atom. The molecule has 0 spiro atoms. The summed E-state index contributed by atoms with van der Waals surface area (Å²) in [6.45, 7) is 2.86. The van der Waals surface area contributed by atoms with Gasteiger partial charge in [0.2, 0.25) is 5.91 Å². The first kappa shape index (κ1) is 29.3. The number of benzene rings is 3. The van der Waals surface area contributed by atoms with E-state index in [1.807, 2.05) is 50.2 Å². The molecule has 4 rings (SSSR count). The van der Waals surface area contributed by atoms with Gasteiger partial charge in [-0.3, -0.25) is 4.79 Å². The maximum atomic E-state index is 13.3. The lowest BCUT2D eigenvalue weighted by atomic mass is 10.1. The number of amides is 3. The highest BCUT2D eigenvalue weighted by molar-refractivity contribution is 6.01. The van der Waals surface area contributed by atoms with E-state index in [1.165, 1.54) is 13.2 Å². The molecule has 0 radical (unpaired) electrons. The molecule has 1 unspecified atom stereocenters. The summed E-state index contributed by atoms with van der Waals surface area (Å²) in [5, 5.41) is 15.0. The lowest BCUT2D eigenvalue weighted by molar-refractivity contribution is -0.131. The molecule has 41 heavy (non-hydrogen) atoms. The van der Waals surface area contributed by atoms with Crippen LogP contribution in [0.15, 0.2) is 60.7 Å². The van der Waals surface area contributed by atoms with Crippen molar-refractivity contribution in [1.29, 1.82) is 0 Å². The Hall–Kier alpha value is -4.73. The Labute approximate surface area is 239 Å². The average molecular weight is 561 g/mol. The van der Waals surface area contributed by atoms with Crippen LogP contribution >= 0.6 is 0 Å². The molecule has 3 aromatic rings. The number of nitrogens with one attached hydrogen (secondary N) is 2. The molecule has 0 bridgehead atoms. The molecule has 3 N–H and O–H groups in total. The molecule has 3 aromatic carbocycles. The fourth-order valence-corrected chi connectivity index (χ4v) is 4.86. The predicted octanol–water partition coefficient (Wildman–Crippen LogP) is 5.02. The fourth-order valence-electron chi connectivity index (χ4n) is 4.86. The highest BCUT2D eigenvalue weighted by Crippen LogP contribution is 2.30. The highest BCUT2D eigenvalue weighted by atomic mass is 16.5. The fraction of sp³-hybridized carbons (Fsp3) is 0.323. The van der Waals surface area contributed by atoms with Gasteiger partial charge >= 0.3 is 12.0 Å². The maximum Gasteiger partial charge on any atom is 0.335 e. The molecule has 10 nitrogen and oxygen atoms in total. The van der Waals surface area contributed by atoms with Crippen LogP contribution in [-0.2, 0) is 11.2 Å². The van der Waals surface area contributed by atoms with Crippen molar-refractivity contribution >= 4 is 35.0 Å². The highest BCUT2D eigenvalue weighted by Gasteiger charge is 2.29. The van der Waals surface area contributed by atoms with Crippen molar-refractivity contribution in [2.75, 3.05) is 49.9 Å². The molecule has 0 aliphatic carbocycles. The summed E-state index contributed by atoms with van der Waals surface area (Å²) in [6, 6.07) is 17.1. The first-order valence-electron chi connectivity index (χ1n) is 13.4. The Morgan fingerprint density at radius 2 is 1.76 bits per heavy atom. The Morgan fingerprint density at radius 3 is 2.46 bits per heavy atom. The van der Waals surface area contributed by atoms with Crippen molar-refractivity contribution in [2.45, 2.75) is 32.2 Å². The first-order valence-corrected chi connectivity index (χ1v) is 13.4. The van der Waals surface area contributed by atoms with Gasteiger partial charge in [-0.25, -0.2) is 9.59 Å². The molecule has 1 aliphatic rings. The average Bonchev–Trinajstić information content (AvgIpc) is 3.42. The molecule has 216 valence electrons. The number of carbonyl (C=O) groups excluding carboxylic acids is 2. The van der Waals surface area contributed by atoms with Crippen molar-refractivity contribution < 1.29 is 29.0 Å². The second kappa shape index (κ2) is 13.1. The summed E-state index contributed by atoms with van der Waals surface area (Å²) in [5.41, 5.74) is 3.76. The number of ether oxygens (including phenoxy) is 2. The molecular formula is C31H36N4O6. The molecule has 0 saturated carbocycles. The number of hydrogen-bond acceptors (Lipinski definition) is 6. The van der Waals surface area contributed by atoms with Gasteiger partial charge in [0.1, 0.15) is 18.1 Å². The molecule has 1 fully saturated rings. The summed E-state index contributed by atoms with van der Waals surface area (Å²) < 4.78 is 11.6. The van der Waals surface area contributed by atoms with Gasteiger partial charge in [-0.05, 0) is 67.3 Å². The number of carbonyl (C=O) groups is 3. The number of methoxy groups -OCH3 is 1. The quantitative estimate of drug-likeness (QED) is 0.318. The lowest BCUT2D eigenvalue weighted by Gasteiger charge is -2.26. The van der Waals surface area contributed by atoms with Crippen LogP contribution in [0.1, 0.15) is 34.3 Å². The smallest absolute Gasteiger partial charge is 0.335 e. The van der Waals surface area contributed by atoms with E-state index in [9.17, 15) is 19.5 Å². The minimum Gasteiger partial charge on any atom is -0.495 e. The number of nitrogens with zero attached hydrogens (tertiary/aromatic N) is 2. The van der Waals surface area contributed by atoms with Gasteiger partial charge in [-0.1, -0.05) is 24.3 Å². The topological polar surface area (TPSA) is 120 Å². The third kappa shape index (κ3) is 7.27. The number of rotatable bonds is 10. The Bertz CT molecular complexity index is 1420. The van der Waals surface area contributed by atoms with Gasteiger partial charge in [0, 0.05) is 26.3 Å². The van der Waals surface area contributed by atoms with Crippen molar-refractivity contribution in [2.24, 2.45) is 0 Å². The largest absolute Gasteiger partial charge is 0.495 e. The zero-order chi connectivity index (χ0) is 29.5. The van der Waals surface area contributed by atoms with Crippen LogP contribution in [0, 0.1) is 6.92 Å². The van der Waals surface area contributed by atoms with Gasteiger partial charge in [0.05, 0.1) is 36.5 Å². The predicted molar refractivity (Wildman–Crippen MR) is 158 cm³/mol. The second-order valence-corrected chi connectivity index (χ2v) is 10.2. The standard InChI is InChI=1S/C31H36N4O6/c1-20-8-5-6-10-24(20)32-31(39)33-25-13-11-21(16-28(25)40-4)17-29(36)35-15-7-9-23(35)19-41-27-14-12-22(30(37)38)18-26(27)34(2)3/h5-6,8,10-14,16,18,23H,7,9,15,17,19H2,1-4H3,(H,37,38)(H2,32,33,39). The molecule has 10 heteroatoms. The van der Waals surface area contributed by atoms with E-state index < -0.39 is 12.0 Å². The minimum atomic E-state index is -1.00. The summed E-state index contributed by atoms with van der Waals surface area (Å²) in [6.07, 6.45) is 1.87. The molecule has 1 saturated heterocycles. The minimum absolute atomic E-state index is 0.0229. The third-order valence-corrected chi connectivity index (χ3v) is 7.08. The summed E-state index contributed by atoms with van der Waals surface area (Å²) in [5.74, 6) is -0.000410. The van der Waals surface area contributed by atoms with Crippen molar-refractivity contribution in [3.8, 4) is 11.5 Å². The Kier molecular flexibility index (Phi) is 9.34. The molecule has 1 atom stereocenters. The van der Waals surface area contributed by atoms with E-state index >= 15 is 0 Å². The van der Waals surface area contributed by atoms with Crippen molar-refractivity contribution in [3.63, 3.8) is 0 Å². The Balaban J connectivity index is 1.38. The summed E-state index contributed by atoms with van der Waals surface area (Å²) in [4.78, 5) is 40.9. The SMILES string of the molecule is COc1cc(CC(=O)N2CCCC2COc2ccc(C(=O)O)cc2N(C)C)ccc1NC(=O)Nc1ccccc1C. The third-order valence-electron chi connectivity index (χ3n) is 7.08. The number of para-hydroxylation sites is 1. The zero-order valence-electron chi connectivity index (χ0n) is 23.8. The van der Waals surface area contributed by atoms with Crippen molar-refractivity contribution in [3.05, 3.63) is 77.4 Å². The van der Waals surface area contributed by atoms with Crippen LogP contribution in [0.4, 0.5) is 21.9 Å². The summed E-state index contributed by atoms with van der Waals surface area (Å²) >= 11 is 0. The van der Waals surface area contributed by atoms with E-state index in [1.54, 1.807) is 35.2 Å². The first-order chi connectivity index (χ1) is 19.7. The number of hydrogen-bond donors (Lipinski definition) is 3. The maximum absolute atomic E-state index is 13.3. The van der Waals surface area contributed by atoms with E-state index in [0.717, 1.165) is 24.0 Å². The number of anilines is 3. The van der Waals surface area contributed by atoms with E-state index in [4.69, 9.17) is 9.47 Å². The van der Waals surface area contributed by atoms with Gasteiger partial charge in [-0.2, -0.15) is 0 Å². The second-order valence-electron chi connectivity index (χ2n) is 10.2.